The van der Waals surface area contributed by atoms with Gasteiger partial charge in [-0.3, -0.25) is 14.4 Å². The van der Waals surface area contributed by atoms with Gasteiger partial charge < -0.3 is 14.6 Å². The molecule has 0 saturated heterocycles. The van der Waals surface area contributed by atoms with Crippen molar-refractivity contribution in [3.8, 4) is 0 Å². The summed E-state index contributed by atoms with van der Waals surface area (Å²) in [7, 11) is 0. The summed E-state index contributed by atoms with van der Waals surface area (Å²) in [6, 6.07) is 0. The number of carboxylic acid groups (broad SMARTS) is 1. The third-order valence-corrected chi connectivity index (χ3v) is 13.3. The van der Waals surface area contributed by atoms with E-state index in [2.05, 4.69) is 54.5 Å². The van der Waals surface area contributed by atoms with Crippen LogP contribution in [-0.4, -0.2) is 35.2 Å². The van der Waals surface area contributed by atoms with Crippen LogP contribution in [0, 0.1) is 50.2 Å². The van der Waals surface area contributed by atoms with Crippen LogP contribution in [0.4, 0.5) is 0 Å². The number of hydrogen-bond acceptors (Lipinski definition) is 5. The lowest BCUT2D eigenvalue weighted by Gasteiger charge is -2.70. The molecular weight excluding hydrogens is 504 g/mol. The van der Waals surface area contributed by atoms with Gasteiger partial charge in [0.2, 0.25) is 0 Å². The van der Waals surface area contributed by atoms with Gasteiger partial charge in [-0.1, -0.05) is 60.1 Å². The van der Waals surface area contributed by atoms with E-state index < -0.39 is 23.6 Å². The Balaban J connectivity index is 1.58. The van der Waals surface area contributed by atoms with Gasteiger partial charge in [-0.2, -0.15) is 0 Å². The molecule has 0 radical (unpaired) electrons. The molecule has 0 aromatic carbocycles. The number of aliphatic carboxylic acids is 1. The number of fused-ring (bicyclic) bond motifs is 7. The van der Waals surface area contributed by atoms with Crippen LogP contribution >= 0.6 is 0 Å². The van der Waals surface area contributed by atoms with Gasteiger partial charge in [0.1, 0.15) is 12.2 Å². The van der Waals surface area contributed by atoms with Crippen LogP contribution in [0.25, 0.3) is 0 Å². The first-order chi connectivity index (χ1) is 18.3. The van der Waals surface area contributed by atoms with Crippen LogP contribution in [0.1, 0.15) is 120 Å². The van der Waals surface area contributed by atoms with Gasteiger partial charge in [0, 0.05) is 19.3 Å². The Morgan fingerprint density at radius 3 is 1.93 bits per heavy atom. The average molecular weight is 557 g/mol. The van der Waals surface area contributed by atoms with Crippen LogP contribution < -0.4 is 0 Å². The standard InChI is InChI=1S/C34H52O6/c1-20(35)39-22-18-33(9)23(30(5,6)27(22)40-21(2)36)10-13-31(7)24-12-15-34(28(37)38)17-16-29(3,4)19-26(34)32(24,8)14-11-25(31)33/h12,22-23,25-27H,10-11,13-19H2,1-9H3,(H,37,38). The minimum absolute atomic E-state index is 0.0460. The topological polar surface area (TPSA) is 89.9 Å². The Labute approximate surface area is 241 Å². The van der Waals surface area contributed by atoms with Gasteiger partial charge in [-0.25, -0.2) is 0 Å². The molecule has 6 nitrogen and oxygen atoms in total. The fourth-order valence-electron chi connectivity index (χ4n) is 11.7. The molecule has 0 aliphatic heterocycles. The fraction of sp³-hybridized carbons (Fsp3) is 0.853. The van der Waals surface area contributed by atoms with E-state index in [1.165, 1.54) is 19.4 Å². The maximum absolute atomic E-state index is 12.9. The molecule has 1 N–H and O–H groups in total. The predicted octanol–water partition coefficient (Wildman–Crippen LogP) is 7.35. The first-order valence-electron chi connectivity index (χ1n) is 15.6. The van der Waals surface area contributed by atoms with E-state index in [0.29, 0.717) is 24.7 Å². The summed E-state index contributed by atoms with van der Waals surface area (Å²) in [6.07, 6.45) is 9.49. The Hall–Kier alpha value is -1.85. The number of ether oxygens (including phenoxy) is 2. The average Bonchev–Trinajstić information content (AvgIpc) is 2.80. The maximum atomic E-state index is 12.9. The Kier molecular flexibility index (Phi) is 6.72. The van der Waals surface area contributed by atoms with Crippen LogP contribution in [-0.2, 0) is 23.9 Å². The molecular formula is C34H52O6. The molecule has 224 valence electrons. The number of carboxylic acids is 1. The first kappa shape index (κ1) is 29.6. The summed E-state index contributed by atoms with van der Waals surface area (Å²) >= 11 is 0. The van der Waals surface area contributed by atoms with Crippen molar-refractivity contribution in [2.75, 3.05) is 0 Å². The zero-order valence-corrected chi connectivity index (χ0v) is 26.3. The molecule has 9 atom stereocenters. The van der Waals surface area contributed by atoms with Crippen molar-refractivity contribution >= 4 is 17.9 Å². The summed E-state index contributed by atoms with van der Waals surface area (Å²) < 4.78 is 11.8. The third kappa shape index (κ3) is 4.04. The second-order valence-electron chi connectivity index (χ2n) is 16.4. The molecule has 5 rings (SSSR count). The smallest absolute Gasteiger partial charge is 0.310 e. The largest absolute Gasteiger partial charge is 0.481 e. The predicted molar refractivity (Wildman–Crippen MR) is 153 cm³/mol. The molecule has 0 amide bonds. The molecule has 9 unspecified atom stereocenters. The highest BCUT2D eigenvalue weighted by Crippen LogP contribution is 2.75. The molecule has 0 aromatic rings. The van der Waals surface area contributed by atoms with Crippen LogP contribution in [0.2, 0.25) is 0 Å². The van der Waals surface area contributed by atoms with E-state index in [9.17, 15) is 19.5 Å². The lowest BCUT2D eigenvalue weighted by molar-refractivity contribution is -0.235. The van der Waals surface area contributed by atoms with E-state index in [1.807, 2.05) is 0 Å². The highest BCUT2D eigenvalue weighted by Gasteiger charge is 2.70. The lowest BCUT2D eigenvalue weighted by atomic mass is 9.34. The number of rotatable bonds is 3. The highest BCUT2D eigenvalue weighted by atomic mass is 16.6. The molecule has 4 fully saturated rings. The summed E-state index contributed by atoms with van der Waals surface area (Å²) in [5, 5.41) is 10.6. The van der Waals surface area contributed by atoms with Crippen LogP contribution in [0.15, 0.2) is 11.6 Å². The summed E-state index contributed by atoms with van der Waals surface area (Å²) in [4.78, 5) is 37.3. The summed E-state index contributed by atoms with van der Waals surface area (Å²) in [6.45, 7) is 19.2. The Morgan fingerprint density at radius 1 is 0.775 bits per heavy atom. The Bertz CT molecular complexity index is 1140. The van der Waals surface area contributed by atoms with Crippen molar-refractivity contribution in [2.45, 2.75) is 132 Å². The van der Waals surface area contributed by atoms with Crippen molar-refractivity contribution in [2.24, 2.45) is 50.2 Å². The summed E-state index contributed by atoms with van der Waals surface area (Å²) in [5.41, 5.74) is 0.337. The molecule has 0 bridgehead atoms. The second kappa shape index (κ2) is 9.07. The highest BCUT2D eigenvalue weighted by molar-refractivity contribution is 5.76. The van der Waals surface area contributed by atoms with Gasteiger partial charge >= 0.3 is 17.9 Å². The van der Waals surface area contributed by atoms with E-state index in [0.717, 1.165) is 44.9 Å². The van der Waals surface area contributed by atoms with Crippen molar-refractivity contribution in [3.05, 3.63) is 11.6 Å². The van der Waals surface area contributed by atoms with E-state index in [4.69, 9.17) is 9.47 Å². The molecule has 5 aliphatic carbocycles. The molecule has 5 aliphatic rings. The number of carbonyl (C=O) groups excluding carboxylic acids is 2. The minimum Gasteiger partial charge on any atom is -0.481 e. The number of hydrogen-bond donors (Lipinski definition) is 1. The van der Waals surface area contributed by atoms with E-state index >= 15 is 0 Å². The van der Waals surface area contributed by atoms with Gasteiger partial charge in [-0.05, 0) is 97.2 Å². The van der Waals surface area contributed by atoms with Crippen molar-refractivity contribution in [1.29, 1.82) is 0 Å². The van der Waals surface area contributed by atoms with Crippen LogP contribution in [0.3, 0.4) is 0 Å². The van der Waals surface area contributed by atoms with Crippen molar-refractivity contribution < 1.29 is 29.0 Å². The van der Waals surface area contributed by atoms with E-state index in [1.54, 1.807) is 0 Å². The lowest BCUT2D eigenvalue weighted by Crippen LogP contribution is -2.66. The Morgan fingerprint density at radius 2 is 1.35 bits per heavy atom. The van der Waals surface area contributed by atoms with E-state index in [-0.39, 0.29) is 44.9 Å². The SMILES string of the molecule is CC(=O)OC1CC2(C)C3CCC4(C)C(=CCC5(C(=O)O)CCC(C)(C)CC45)C3(C)CCC2C(C)(C)C1OC(C)=O. The van der Waals surface area contributed by atoms with Gasteiger partial charge in [0.15, 0.2) is 0 Å². The molecule has 6 heteroatoms. The van der Waals surface area contributed by atoms with Gasteiger partial charge in [-0.15, -0.1) is 0 Å². The zero-order valence-electron chi connectivity index (χ0n) is 26.3. The summed E-state index contributed by atoms with van der Waals surface area (Å²) in [5.74, 6) is -0.457. The van der Waals surface area contributed by atoms with Crippen molar-refractivity contribution in [1.82, 2.24) is 0 Å². The minimum atomic E-state index is -0.664. The van der Waals surface area contributed by atoms with Gasteiger partial charge in [0.05, 0.1) is 5.41 Å². The number of carbonyl (C=O) groups is 3. The number of esters is 2. The quantitative estimate of drug-likeness (QED) is 0.289. The molecule has 0 spiro atoms. The maximum Gasteiger partial charge on any atom is 0.310 e. The van der Waals surface area contributed by atoms with Gasteiger partial charge in [0.25, 0.3) is 0 Å². The third-order valence-electron chi connectivity index (χ3n) is 13.3. The molecule has 40 heavy (non-hydrogen) atoms. The zero-order chi connectivity index (χ0) is 29.7. The fourth-order valence-corrected chi connectivity index (χ4v) is 11.7. The number of allylic oxidation sites excluding steroid dienone is 2. The normalized spacial score (nSPS) is 46.8. The monoisotopic (exact) mass is 556 g/mol. The molecule has 0 aromatic heterocycles. The second-order valence-corrected chi connectivity index (χ2v) is 16.4. The molecule has 0 heterocycles. The molecule has 4 saturated carbocycles. The van der Waals surface area contributed by atoms with Crippen molar-refractivity contribution in [3.63, 3.8) is 0 Å². The first-order valence-corrected chi connectivity index (χ1v) is 15.6. The van der Waals surface area contributed by atoms with Crippen LogP contribution in [0.5, 0.6) is 0 Å².